The third-order valence-electron chi connectivity index (χ3n) is 6.68. The molecule has 36 heavy (non-hydrogen) atoms. The summed E-state index contributed by atoms with van der Waals surface area (Å²) in [5.41, 5.74) is -0.475. The van der Waals surface area contributed by atoms with Gasteiger partial charge in [0, 0.05) is 17.5 Å². The topological polar surface area (TPSA) is 90.8 Å². The minimum absolute atomic E-state index is 0.000964. The summed E-state index contributed by atoms with van der Waals surface area (Å²) in [7, 11) is 0. The quantitative estimate of drug-likeness (QED) is 0.570. The van der Waals surface area contributed by atoms with Gasteiger partial charge in [-0.2, -0.15) is 13.2 Å². The summed E-state index contributed by atoms with van der Waals surface area (Å²) in [6.45, 7) is 3.80. The van der Waals surface area contributed by atoms with E-state index < -0.39 is 41.4 Å². The van der Waals surface area contributed by atoms with E-state index in [0.717, 1.165) is 35.5 Å². The number of alkyl halides is 3. The molecular weight excluding hydrogens is 471 g/mol. The second-order valence-corrected chi connectivity index (χ2v) is 9.13. The van der Waals surface area contributed by atoms with Crippen LogP contribution < -0.4 is 10.6 Å². The van der Waals surface area contributed by atoms with Gasteiger partial charge in [0.15, 0.2) is 11.9 Å². The number of hydrogen-bond donors (Lipinski definition) is 3. The molecule has 6 nitrogen and oxygen atoms in total. The average molecular weight is 498 g/mol. The van der Waals surface area contributed by atoms with Crippen LogP contribution in [0.15, 0.2) is 77.8 Å². The fraction of sp³-hybridized carbons (Fsp3) is 0.296. The van der Waals surface area contributed by atoms with Crippen molar-refractivity contribution in [1.29, 1.82) is 0 Å². The molecule has 0 saturated heterocycles. The van der Waals surface area contributed by atoms with Gasteiger partial charge < -0.3 is 15.7 Å². The number of aliphatic hydroxyl groups is 1. The first kappa shape index (κ1) is 25.4. The Kier molecular flexibility index (Phi) is 6.86. The first-order chi connectivity index (χ1) is 17.0. The van der Waals surface area contributed by atoms with Gasteiger partial charge in [0.1, 0.15) is 6.17 Å². The minimum atomic E-state index is -4.53. The molecule has 1 amide bonds. The lowest BCUT2D eigenvalue weighted by Gasteiger charge is -2.43. The van der Waals surface area contributed by atoms with Crippen LogP contribution in [0.25, 0.3) is 0 Å². The smallest absolute Gasteiger partial charge is 0.378 e. The maximum atomic E-state index is 13.3. The number of para-hydroxylation sites is 1. The molecule has 0 bridgehead atoms. The molecule has 3 N–H and O–H groups in total. The van der Waals surface area contributed by atoms with E-state index in [2.05, 4.69) is 15.6 Å². The predicted molar refractivity (Wildman–Crippen MR) is 130 cm³/mol. The molecule has 2 aliphatic rings. The molecule has 9 heteroatoms. The second kappa shape index (κ2) is 9.73. The van der Waals surface area contributed by atoms with E-state index in [-0.39, 0.29) is 17.3 Å². The van der Waals surface area contributed by atoms with Crippen LogP contribution in [0.5, 0.6) is 0 Å². The number of anilines is 1. The maximum Gasteiger partial charge on any atom is 0.416 e. The van der Waals surface area contributed by atoms with E-state index in [9.17, 15) is 27.9 Å². The maximum absolute atomic E-state index is 13.3. The molecule has 1 aliphatic carbocycles. The highest BCUT2D eigenvalue weighted by molar-refractivity contribution is 6.00. The lowest BCUT2D eigenvalue weighted by molar-refractivity contribution is -0.137. The van der Waals surface area contributed by atoms with Crippen molar-refractivity contribution in [2.75, 3.05) is 5.32 Å². The first-order valence-corrected chi connectivity index (χ1v) is 11.5. The van der Waals surface area contributed by atoms with Gasteiger partial charge >= 0.3 is 6.18 Å². The monoisotopic (exact) mass is 497 g/mol. The molecule has 0 aromatic heterocycles. The Bertz CT molecular complexity index is 1230. The zero-order valence-electron chi connectivity index (χ0n) is 19.7. The number of allylic oxidation sites excluding steroid dienone is 3. The zero-order valence-corrected chi connectivity index (χ0v) is 19.7. The van der Waals surface area contributed by atoms with Gasteiger partial charge in [-0.3, -0.25) is 14.6 Å². The number of carbonyl (C=O) groups is 2. The summed E-state index contributed by atoms with van der Waals surface area (Å²) in [5, 5.41) is 16.7. The molecular formula is C27H26F3N3O3. The highest BCUT2D eigenvalue weighted by Crippen LogP contribution is 2.41. The summed E-state index contributed by atoms with van der Waals surface area (Å²) in [6, 6.07) is 10.4. The number of nitrogens with one attached hydrogen (secondary N) is 2. The second-order valence-electron chi connectivity index (χ2n) is 9.13. The number of aliphatic imine (C=N–C) groups is 1. The number of rotatable bonds is 5. The summed E-state index contributed by atoms with van der Waals surface area (Å²) in [4.78, 5) is 30.9. The number of hydrogen-bond acceptors (Lipinski definition) is 5. The van der Waals surface area contributed by atoms with Crippen LogP contribution in [0.1, 0.15) is 36.6 Å². The fourth-order valence-electron chi connectivity index (χ4n) is 4.64. The number of aliphatic hydroxyl groups excluding tert-OH is 1. The Hall–Kier alpha value is -3.72. The van der Waals surface area contributed by atoms with Crippen molar-refractivity contribution in [3.05, 3.63) is 89.5 Å². The molecule has 0 fully saturated rings. The van der Waals surface area contributed by atoms with E-state index in [1.807, 2.05) is 38.1 Å². The van der Waals surface area contributed by atoms with Gasteiger partial charge in [-0.05, 0) is 35.8 Å². The molecule has 2 aromatic rings. The molecule has 1 heterocycles. The molecule has 0 saturated carbocycles. The molecule has 3 unspecified atom stereocenters. The predicted octanol–water partition coefficient (Wildman–Crippen LogP) is 4.43. The van der Waals surface area contributed by atoms with E-state index in [1.165, 1.54) is 6.08 Å². The highest BCUT2D eigenvalue weighted by atomic mass is 19.4. The van der Waals surface area contributed by atoms with E-state index >= 15 is 0 Å². The number of benzodiazepines with no additional fused rings is 1. The Morgan fingerprint density at radius 2 is 1.81 bits per heavy atom. The first-order valence-electron chi connectivity index (χ1n) is 11.5. The molecule has 0 spiro atoms. The van der Waals surface area contributed by atoms with Crippen LogP contribution in [0.2, 0.25) is 0 Å². The normalized spacial score (nSPS) is 24.1. The van der Waals surface area contributed by atoms with E-state index in [1.54, 1.807) is 24.4 Å². The van der Waals surface area contributed by atoms with Crippen LogP contribution in [0.4, 0.5) is 18.9 Å². The Morgan fingerprint density at radius 3 is 2.44 bits per heavy atom. The third-order valence-corrected chi connectivity index (χ3v) is 6.68. The lowest BCUT2D eigenvalue weighted by Crippen LogP contribution is -2.59. The number of benzene rings is 2. The largest absolute Gasteiger partial charge is 0.416 e. The standard InChI is InChI=1S/C27H26F3N3O3/c1-16(2)26(14-6-5-9-21(26)34)23-24(31-15-18-7-3-4-8-20(18)32-23)33-25(36)22(35)17-10-12-19(13-11-17)27(28,29)30/h3-16,22-24,32,35H,1-2H3,(H,33,36)/t22?,23?,24-,26?/m0/s1. The summed E-state index contributed by atoms with van der Waals surface area (Å²) >= 11 is 0. The van der Waals surface area contributed by atoms with Crippen molar-refractivity contribution in [2.24, 2.45) is 16.3 Å². The van der Waals surface area contributed by atoms with Gasteiger partial charge in [0.25, 0.3) is 5.91 Å². The van der Waals surface area contributed by atoms with Crippen molar-refractivity contribution in [1.82, 2.24) is 5.32 Å². The summed E-state index contributed by atoms with van der Waals surface area (Å²) < 4.78 is 38.7. The number of fused-ring (bicyclic) bond motifs is 1. The van der Waals surface area contributed by atoms with Crippen molar-refractivity contribution < 1.29 is 27.9 Å². The third kappa shape index (κ3) is 4.70. The number of ketones is 1. The lowest BCUT2D eigenvalue weighted by atomic mass is 9.65. The molecule has 2 aromatic carbocycles. The fourth-order valence-corrected chi connectivity index (χ4v) is 4.64. The number of halogens is 3. The van der Waals surface area contributed by atoms with Gasteiger partial charge in [0.2, 0.25) is 0 Å². The molecule has 188 valence electrons. The van der Waals surface area contributed by atoms with Gasteiger partial charge in [-0.15, -0.1) is 0 Å². The SMILES string of the molecule is CC(C)C1(C2Nc3ccccc3C=N[C@H]2NC(=O)C(O)c2ccc(C(F)(F)F)cc2)C=CC=CC1=O. The minimum Gasteiger partial charge on any atom is -0.378 e. The van der Waals surface area contributed by atoms with Crippen LogP contribution >= 0.6 is 0 Å². The average Bonchev–Trinajstić information content (AvgIpc) is 3.03. The Morgan fingerprint density at radius 1 is 1.11 bits per heavy atom. The number of amides is 1. The van der Waals surface area contributed by atoms with E-state index in [0.29, 0.717) is 0 Å². The Labute approximate surface area is 206 Å². The summed E-state index contributed by atoms with van der Waals surface area (Å²) in [6.07, 6.45) is 1.05. The van der Waals surface area contributed by atoms with Crippen LogP contribution in [-0.4, -0.2) is 35.2 Å². The summed E-state index contributed by atoms with van der Waals surface area (Å²) in [5.74, 6) is -1.20. The van der Waals surface area contributed by atoms with Crippen LogP contribution in [0, 0.1) is 11.3 Å². The molecule has 4 atom stereocenters. The van der Waals surface area contributed by atoms with Gasteiger partial charge in [0.05, 0.1) is 17.0 Å². The van der Waals surface area contributed by atoms with Gasteiger partial charge in [-0.25, -0.2) is 0 Å². The molecule has 4 rings (SSSR count). The molecule has 0 radical (unpaired) electrons. The van der Waals surface area contributed by atoms with Gasteiger partial charge in [-0.1, -0.05) is 62.4 Å². The van der Waals surface area contributed by atoms with Crippen molar-refractivity contribution in [3.8, 4) is 0 Å². The van der Waals surface area contributed by atoms with Crippen molar-refractivity contribution >= 4 is 23.6 Å². The van der Waals surface area contributed by atoms with Crippen LogP contribution in [-0.2, 0) is 15.8 Å². The molecule has 1 aliphatic heterocycles. The van der Waals surface area contributed by atoms with E-state index in [4.69, 9.17) is 0 Å². The Balaban J connectivity index is 1.67. The zero-order chi connectivity index (χ0) is 26.1. The van der Waals surface area contributed by atoms with Crippen LogP contribution in [0.3, 0.4) is 0 Å². The highest BCUT2D eigenvalue weighted by Gasteiger charge is 2.50. The van der Waals surface area contributed by atoms with Crippen molar-refractivity contribution in [3.63, 3.8) is 0 Å². The van der Waals surface area contributed by atoms with Crippen molar-refractivity contribution in [2.45, 2.75) is 38.3 Å². The number of nitrogens with zero attached hydrogens (tertiary/aromatic N) is 1. The number of carbonyl (C=O) groups excluding carboxylic acids is 2.